The monoisotopic (exact) mass is 461 g/mol. The van der Waals surface area contributed by atoms with Crippen LogP contribution < -0.4 is 5.32 Å². The quantitative estimate of drug-likeness (QED) is 0.382. The predicted molar refractivity (Wildman–Crippen MR) is 124 cm³/mol. The fourth-order valence-electron chi connectivity index (χ4n) is 3.49. The minimum atomic E-state index is -0.840. The van der Waals surface area contributed by atoms with Gasteiger partial charge in [-0.15, -0.1) is 0 Å². The van der Waals surface area contributed by atoms with Crippen molar-refractivity contribution in [1.29, 1.82) is 0 Å². The van der Waals surface area contributed by atoms with E-state index in [9.17, 15) is 18.4 Å². The number of ether oxygens (including phenoxy) is 1. The molecule has 0 unspecified atom stereocenters. The molecule has 0 atom stereocenters. The number of halogens is 2. The molecule has 34 heavy (non-hydrogen) atoms. The van der Waals surface area contributed by atoms with E-state index in [-0.39, 0.29) is 17.9 Å². The number of hydrogen-bond acceptors (Lipinski definition) is 4. The Balaban J connectivity index is 1.72. The highest BCUT2D eigenvalue weighted by atomic mass is 19.1. The van der Waals surface area contributed by atoms with Gasteiger partial charge in [-0.2, -0.15) is 5.10 Å². The summed E-state index contributed by atoms with van der Waals surface area (Å²) in [6, 6.07) is 18.7. The number of nitrogens with zero attached hydrogens (tertiary/aromatic N) is 2. The van der Waals surface area contributed by atoms with E-state index >= 15 is 0 Å². The fraction of sp³-hybridized carbons (Fsp3) is 0.115. The zero-order valence-corrected chi connectivity index (χ0v) is 18.5. The summed E-state index contributed by atoms with van der Waals surface area (Å²) in [5.74, 6) is -2.89. The van der Waals surface area contributed by atoms with Crippen LogP contribution in [-0.2, 0) is 4.74 Å². The van der Waals surface area contributed by atoms with Crippen molar-refractivity contribution in [2.24, 2.45) is 0 Å². The molecule has 0 bridgehead atoms. The van der Waals surface area contributed by atoms with Gasteiger partial charge in [0.2, 0.25) is 0 Å². The molecule has 8 heteroatoms. The van der Waals surface area contributed by atoms with E-state index in [2.05, 4.69) is 10.4 Å². The molecule has 0 aliphatic carbocycles. The van der Waals surface area contributed by atoms with E-state index in [0.717, 1.165) is 23.4 Å². The second kappa shape index (κ2) is 9.66. The van der Waals surface area contributed by atoms with Gasteiger partial charge < -0.3 is 10.1 Å². The Kier molecular flexibility index (Phi) is 6.49. The molecule has 0 fully saturated rings. The van der Waals surface area contributed by atoms with E-state index in [1.54, 1.807) is 41.9 Å². The third-order valence-electron chi connectivity index (χ3n) is 4.98. The van der Waals surface area contributed by atoms with Gasteiger partial charge in [-0.3, -0.25) is 4.79 Å². The maximum atomic E-state index is 13.5. The van der Waals surface area contributed by atoms with Crippen LogP contribution in [0.3, 0.4) is 0 Å². The molecule has 0 aliphatic rings. The Labute approximate surface area is 194 Å². The van der Waals surface area contributed by atoms with Crippen LogP contribution in [0.25, 0.3) is 16.9 Å². The molecule has 0 spiro atoms. The lowest BCUT2D eigenvalue weighted by Gasteiger charge is -2.11. The summed E-state index contributed by atoms with van der Waals surface area (Å²) < 4.78 is 33.7. The number of amides is 1. The molecular weight excluding hydrogens is 440 g/mol. The van der Waals surface area contributed by atoms with Crippen molar-refractivity contribution >= 4 is 17.6 Å². The van der Waals surface area contributed by atoms with Gasteiger partial charge in [-0.1, -0.05) is 24.3 Å². The van der Waals surface area contributed by atoms with Gasteiger partial charge in [0, 0.05) is 22.9 Å². The third-order valence-corrected chi connectivity index (χ3v) is 4.98. The van der Waals surface area contributed by atoms with Crippen LogP contribution in [-0.4, -0.2) is 28.3 Å². The Morgan fingerprint density at radius 2 is 1.71 bits per heavy atom. The first-order valence-electron chi connectivity index (χ1n) is 10.6. The third kappa shape index (κ3) is 5.01. The van der Waals surface area contributed by atoms with Crippen molar-refractivity contribution in [3.05, 3.63) is 101 Å². The smallest absolute Gasteiger partial charge is 0.358 e. The normalized spacial score (nSPS) is 10.7. The highest BCUT2D eigenvalue weighted by Crippen LogP contribution is 2.27. The first-order chi connectivity index (χ1) is 16.3. The maximum Gasteiger partial charge on any atom is 0.358 e. The second-order valence-corrected chi connectivity index (χ2v) is 7.58. The lowest BCUT2D eigenvalue weighted by atomic mass is 10.1. The van der Waals surface area contributed by atoms with Crippen molar-refractivity contribution in [1.82, 2.24) is 9.78 Å². The molecule has 0 radical (unpaired) electrons. The summed E-state index contributed by atoms with van der Waals surface area (Å²) in [4.78, 5) is 24.9. The molecule has 4 aromatic rings. The van der Waals surface area contributed by atoms with Crippen molar-refractivity contribution in [3.8, 4) is 16.9 Å². The van der Waals surface area contributed by atoms with Crippen LogP contribution in [0.4, 0.5) is 14.5 Å². The molecule has 1 aromatic heterocycles. The number of esters is 1. The summed E-state index contributed by atoms with van der Waals surface area (Å²) in [6.07, 6.45) is 0. The minimum Gasteiger partial charge on any atom is -0.461 e. The number of benzene rings is 3. The summed E-state index contributed by atoms with van der Waals surface area (Å²) in [5, 5.41) is 7.09. The number of hydrogen-bond donors (Lipinski definition) is 1. The van der Waals surface area contributed by atoms with Crippen molar-refractivity contribution in [3.63, 3.8) is 0 Å². The Morgan fingerprint density at radius 3 is 2.41 bits per heavy atom. The number of rotatable bonds is 6. The average molecular weight is 461 g/mol. The van der Waals surface area contributed by atoms with Crippen molar-refractivity contribution in [2.45, 2.75) is 13.8 Å². The Bertz CT molecular complexity index is 1360. The maximum absolute atomic E-state index is 13.5. The Hall–Kier alpha value is -4.33. The first kappa shape index (κ1) is 22.8. The molecule has 1 N–H and O–H groups in total. The van der Waals surface area contributed by atoms with Gasteiger partial charge in [0.05, 0.1) is 18.0 Å². The van der Waals surface area contributed by atoms with Gasteiger partial charge >= 0.3 is 5.97 Å². The Morgan fingerprint density at radius 1 is 0.971 bits per heavy atom. The SMILES string of the molecule is CCOC(=O)c1cc(-c2cccc(NC(=O)c3cc(F)cc(F)c3)c2)n(-c2cccc(C)c2)n1. The van der Waals surface area contributed by atoms with Gasteiger partial charge in [0.15, 0.2) is 5.69 Å². The number of carbonyl (C=O) groups excluding carboxylic acids is 2. The molecule has 0 aliphatic heterocycles. The van der Waals surface area contributed by atoms with Crippen LogP contribution in [0.5, 0.6) is 0 Å². The summed E-state index contributed by atoms with van der Waals surface area (Å²) in [7, 11) is 0. The molecule has 1 amide bonds. The largest absolute Gasteiger partial charge is 0.461 e. The zero-order valence-electron chi connectivity index (χ0n) is 18.5. The number of nitrogens with one attached hydrogen (secondary N) is 1. The van der Waals surface area contributed by atoms with Crippen LogP contribution in [0.2, 0.25) is 0 Å². The summed E-state index contributed by atoms with van der Waals surface area (Å²) >= 11 is 0. The minimum absolute atomic E-state index is 0.141. The first-order valence-corrected chi connectivity index (χ1v) is 10.6. The van der Waals surface area contributed by atoms with Crippen molar-refractivity contribution < 1.29 is 23.1 Å². The van der Waals surface area contributed by atoms with Crippen LogP contribution in [0.1, 0.15) is 33.3 Å². The van der Waals surface area contributed by atoms with Crippen molar-refractivity contribution in [2.75, 3.05) is 11.9 Å². The number of aromatic nitrogens is 2. The van der Waals surface area contributed by atoms with Gasteiger partial charge in [0.1, 0.15) is 11.6 Å². The molecule has 0 saturated heterocycles. The number of aryl methyl sites for hydroxylation is 1. The number of carbonyl (C=O) groups is 2. The average Bonchev–Trinajstić information content (AvgIpc) is 3.25. The number of anilines is 1. The van der Waals surface area contributed by atoms with Crippen LogP contribution in [0, 0.1) is 18.6 Å². The van der Waals surface area contributed by atoms with Gasteiger partial charge in [-0.05, 0) is 61.9 Å². The molecule has 4 rings (SSSR count). The molecule has 172 valence electrons. The second-order valence-electron chi connectivity index (χ2n) is 7.58. The van der Waals surface area contributed by atoms with Crippen LogP contribution >= 0.6 is 0 Å². The van der Waals surface area contributed by atoms with E-state index in [4.69, 9.17) is 4.74 Å². The molecule has 0 saturated carbocycles. The molecular formula is C26H21F2N3O3. The van der Waals surface area contributed by atoms with Crippen LogP contribution in [0.15, 0.2) is 72.8 Å². The standard InChI is InChI=1S/C26H21F2N3O3/c1-3-34-26(33)23-15-24(31(30-23)22-9-4-6-16(2)10-22)17-7-5-8-21(13-17)29-25(32)18-11-19(27)14-20(28)12-18/h4-15H,3H2,1-2H3,(H,29,32). The summed E-state index contributed by atoms with van der Waals surface area (Å²) in [5.41, 5.74) is 3.42. The predicted octanol–water partition coefficient (Wildman–Crippen LogP) is 5.55. The highest BCUT2D eigenvalue weighted by Gasteiger charge is 2.18. The van der Waals surface area contributed by atoms with E-state index < -0.39 is 23.5 Å². The van der Waals surface area contributed by atoms with Gasteiger partial charge in [-0.25, -0.2) is 18.3 Å². The van der Waals surface area contributed by atoms with Gasteiger partial charge in [0.25, 0.3) is 5.91 Å². The molecule has 6 nitrogen and oxygen atoms in total. The van der Waals surface area contributed by atoms with E-state index in [1.165, 1.54) is 0 Å². The molecule has 3 aromatic carbocycles. The summed E-state index contributed by atoms with van der Waals surface area (Å²) in [6.45, 7) is 3.88. The fourth-order valence-corrected chi connectivity index (χ4v) is 3.49. The highest BCUT2D eigenvalue weighted by molar-refractivity contribution is 6.04. The lowest BCUT2D eigenvalue weighted by Crippen LogP contribution is -2.12. The zero-order chi connectivity index (χ0) is 24.2. The lowest BCUT2D eigenvalue weighted by molar-refractivity contribution is 0.0519. The van der Waals surface area contributed by atoms with E-state index in [1.807, 2.05) is 31.2 Å². The topological polar surface area (TPSA) is 73.2 Å². The van der Waals surface area contributed by atoms with E-state index in [0.29, 0.717) is 23.0 Å². The molecule has 1 heterocycles.